The van der Waals surface area contributed by atoms with Gasteiger partial charge in [-0.1, -0.05) is 0 Å². The number of benzene rings is 1. The van der Waals surface area contributed by atoms with Gasteiger partial charge in [0, 0.05) is 44.2 Å². The average molecular weight is 338 g/mol. The zero-order valence-corrected chi connectivity index (χ0v) is 13.7. The van der Waals surface area contributed by atoms with E-state index in [1.165, 1.54) is 0 Å². The molecular weight excluding hydrogens is 320 g/mol. The molecule has 0 saturated carbocycles. The molecule has 7 nitrogen and oxygen atoms in total. The number of carbonyl (C=O) groups excluding carboxylic acids is 3. The van der Waals surface area contributed by atoms with Gasteiger partial charge in [0.1, 0.15) is 0 Å². The minimum absolute atomic E-state index is 0.212. The Kier molecular flexibility index (Phi) is 4.61. The number of anilines is 1. The maximum absolute atomic E-state index is 12.2. The molecule has 0 aromatic heterocycles. The van der Waals surface area contributed by atoms with Crippen LogP contribution in [-0.4, -0.2) is 29.9 Å². The molecule has 1 aromatic carbocycles. The molecule has 0 radical (unpaired) electrons. The maximum Gasteiger partial charge on any atom is 0.251 e. The summed E-state index contributed by atoms with van der Waals surface area (Å²) in [5, 5.41) is 10.9. The monoisotopic (exact) mass is 338 g/mol. The minimum Gasteiger partial charge on any atom is -0.352 e. The van der Waals surface area contributed by atoms with Gasteiger partial charge in [0.2, 0.25) is 11.8 Å². The highest BCUT2D eigenvalue weighted by atomic mass is 16.2. The second kappa shape index (κ2) is 6.85. The zero-order valence-electron chi connectivity index (χ0n) is 13.7. The predicted octanol–water partition coefficient (Wildman–Crippen LogP) is 2.04. The molecule has 2 heterocycles. The first-order valence-electron chi connectivity index (χ1n) is 8.16. The van der Waals surface area contributed by atoms with Crippen molar-refractivity contribution in [3.8, 4) is 12.3 Å². The lowest BCUT2D eigenvalue weighted by atomic mass is 10.0. The Bertz CT molecular complexity index is 755. The number of hydrogen-bond donors (Lipinski definition) is 1. The van der Waals surface area contributed by atoms with Gasteiger partial charge < -0.3 is 5.32 Å². The standard InChI is InChI=1S/C18H18N4O3/c1-2-3-10-18(20-21-18)11-12-19-17(25)13-4-6-14(7-5-13)22-15(23)8-9-16(22)24/h1,4-7H,3,8-12H2,(H,19,25). The molecule has 3 rings (SSSR count). The summed E-state index contributed by atoms with van der Waals surface area (Å²) in [5.74, 6) is 1.92. The molecule has 7 heteroatoms. The summed E-state index contributed by atoms with van der Waals surface area (Å²) >= 11 is 0. The molecule has 0 unspecified atom stereocenters. The van der Waals surface area contributed by atoms with E-state index >= 15 is 0 Å². The third-order valence-corrected chi connectivity index (χ3v) is 4.30. The average Bonchev–Trinajstić information content (AvgIpc) is 3.31. The summed E-state index contributed by atoms with van der Waals surface area (Å²) in [4.78, 5) is 36.8. The van der Waals surface area contributed by atoms with E-state index in [2.05, 4.69) is 21.5 Å². The first kappa shape index (κ1) is 16.8. The molecule has 1 N–H and O–H groups in total. The van der Waals surface area contributed by atoms with Gasteiger partial charge in [-0.05, 0) is 24.3 Å². The third kappa shape index (κ3) is 3.74. The highest BCUT2D eigenvalue weighted by molar-refractivity contribution is 6.19. The van der Waals surface area contributed by atoms with E-state index in [4.69, 9.17) is 6.42 Å². The van der Waals surface area contributed by atoms with E-state index in [-0.39, 0.29) is 30.6 Å². The summed E-state index contributed by atoms with van der Waals surface area (Å²) < 4.78 is 0. The van der Waals surface area contributed by atoms with Crippen LogP contribution in [0.5, 0.6) is 0 Å². The SMILES string of the molecule is C#CCCC1(CCNC(=O)c2ccc(N3C(=O)CCC3=O)cc2)N=N1. The van der Waals surface area contributed by atoms with Gasteiger partial charge in [-0.2, -0.15) is 10.2 Å². The van der Waals surface area contributed by atoms with Crippen molar-refractivity contribution in [2.75, 3.05) is 11.4 Å². The number of terminal acetylenes is 1. The molecule has 3 amide bonds. The second-order valence-electron chi connectivity index (χ2n) is 6.06. The van der Waals surface area contributed by atoms with Crippen molar-refractivity contribution in [1.82, 2.24) is 5.32 Å². The lowest BCUT2D eigenvalue weighted by molar-refractivity contribution is -0.121. The van der Waals surface area contributed by atoms with Crippen molar-refractivity contribution >= 4 is 23.4 Å². The number of rotatable bonds is 7. The van der Waals surface area contributed by atoms with Crippen LogP contribution in [0.15, 0.2) is 34.5 Å². The largest absolute Gasteiger partial charge is 0.352 e. The van der Waals surface area contributed by atoms with Crippen LogP contribution in [0, 0.1) is 12.3 Å². The Morgan fingerprint density at radius 1 is 1.16 bits per heavy atom. The van der Waals surface area contributed by atoms with Gasteiger partial charge in [-0.25, -0.2) is 0 Å². The maximum atomic E-state index is 12.2. The highest BCUT2D eigenvalue weighted by Gasteiger charge is 2.38. The number of imide groups is 1. The van der Waals surface area contributed by atoms with Crippen molar-refractivity contribution < 1.29 is 14.4 Å². The fourth-order valence-corrected chi connectivity index (χ4v) is 2.77. The van der Waals surface area contributed by atoms with E-state index in [1.54, 1.807) is 24.3 Å². The van der Waals surface area contributed by atoms with Gasteiger partial charge in [-0.3, -0.25) is 19.3 Å². The smallest absolute Gasteiger partial charge is 0.251 e. The van der Waals surface area contributed by atoms with Crippen molar-refractivity contribution in [1.29, 1.82) is 0 Å². The normalized spacial score (nSPS) is 17.5. The Morgan fingerprint density at radius 3 is 2.36 bits per heavy atom. The Hall–Kier alpha value is -3.01. The quantitative estimate of drug-likeness (QED) is 0.609. The summed E-state index contributed by atoms with van der Waals surface area (Å²) in [6.45, 7) is 0.446. The molecule has 25 heavy (non-hydrogen) atoms. The number of nitrogens with zero attached hydrogens (tertiary/aromatic N) is 3. The summed E-state index contributed by atoms with van der Waals surface area (Å²) in [6, 6.07) is 6.42. The third-order valence-electron chi connectivity index (χ3n) is 4.30. The van der Waals surface area contributed by atoms with Crippen LogP contribution in [0.1, 0.15) is 42.5 Å². The first-order chi connectivity index (χ1) is 12.0. The lowest BCUT2D eigenvalue weighted by Gasteiger charge is -2.14. The van der Waals surface area contributed by atoms with Crippen LogP contribution in [0.2, 0.25) is 0 Å². The van der Waals surface area contributed by atoms with Crippen LogP contribution in [-0.2, 0) is 9.59 Å². The number of amides is 3. The van der Waals surface area contributed by atoms with Gasteiger partial charge in [0.15, 0.2) is 5.66 Å². The van der Waals surface area contributed by atoms with Crippen LogP contribution in [0.25, 0.3) is 0 Å². The topological polar surface area (TPSA) is 91.2 Å². The van der Waals surface area contributed by atoms with Gasteiger partial charge >= 0.3 is 0 Å². The van der Waals surface area contributed by atoms with Crippen LogP contribution in [0.3, 0.4) is 0 Å². The molecule has 128 valence electrons. The van der Waals surface area contributed by atoms with Crippen LogP contribution >= 0.6 is 0 Å². The summed E-state index contributed by atoms with van der Waals surface area (Å²) in [6.07, 6.45) is 7.64. The van der Waals surface area contributed by atoms with E-state index < -0.39 is 5.66 Å². The van der Waals surface area contributed by atoms with E-state index in [9.17, 15) is 14.4 Å². The van der Waals surface area contributed by atoms with E-state index in [1.807, 2.05) is 0 Å². The molecule has 0 spiro atoms. The van der Waals surface area contributed by atoms with Gasteiger partial charge in [0.25, 0.3) is 5.91 Å². The summed E-state index contributed by atoms with van der Waals surface area (Å²) in [7, 11) is 0. The molecule has 2 aliphatic rings. The Labute approximate surface area is 145 Å². The van der Waals surface area contributed by atoms with Crippen molar-refractivity contribution in [2.45, 2.75) is 37.8 Å². The predicted molar refractivity (Wildman–Crippen MR) is 90.8 cm³/mol. The van der Waals surface area contributed by atoms with Crippen molar-refractivity contribution in [3.63, 3.8) is 0 Å². The van der Waals surface area contributed by atoms with E-state index in [0.29, 0.717) is 37.1 Å². The second-order valence-corrected chi connectivity index (χ2v) is 6.06. The molecule has 1 fully saturated rings. The molecular formula is C18H18N4O3. The first-order valence-corrected chi connectivity index (χ1v) is 8.16. The zero-order chi connectivity index (χ0) is 17.9. The lowest BCUT2D eigenvalue weighted by Crippen LogP contribution is -2.29. The Balaban J connectivity index is 1.52. The van der Waals surface area contributed by atoms with Gasteiger partial charge in [-0.15, -0.1) is 12.3 Å². The highest BCUT2D eigenvalue weighted by Crippen LogP contribution is 2.36. The molecule has 1 saturated heterocycles. The summed E-state index contributed by atoms with van der Waals surface area (Å²) in [5.41, 5.74) is 0.540. The Morgan fingerprint density at radius 2 is 1.80 bits per heavy atom. The minimum atomic E-state index is -0.417. The fourth-order valence-electron chi connectivity index (χ4n) is 2.77. The fraction of sp³-hybridized carbons (Fsp3) is 0.389. The molecule has 0 bridgehead atoms. The molecule has 0 atom stereocenters. The van der Waals surface area contributed by atoms with Gasteiger partial charge in [0.05, 0.1) is 5.69 Å². The number of carbonyl (C=O) groups is 3. The van der Waals surface area contributed by atoms with Crippen molar-refractivity contribution in [2.24, 2.45) is 10.2 Å². The van der Waals surface area contributed by atoms with Crippen LogP contribution < -0.4 is 10.2 Å². The number of hydrogen-bond acceptors (Lipinski definition) is 5. The molecule has 0 aliphatic carbocycles. The van der Waals surface area contributed by atoms with Crippen LogP contribution in [0.4, 0.5) is 5.69 Å². The molecule has 1 aromatic rings. The van der Waals surface area contributed by atoms with Crippen molar-refractivity contribution in [3.05, 3.63) is 29.8 Å². The number of nitrogens with one attached hydrogen (secondary N) is 1. The molecule has 2 aliphatic heterocycles. The van der Waals surface area contributed by atoms with E-state index in [0.717, 1.165) is 4.90 Å².